The van der Waals surface area contributed by atoms with Crippen LogP contribution in [0.2, 0.25) is 0 Å². The van der Waals surface area contributed by atoms with Crippen LogP contribution in [0.1, 0.15) is 59.4 Å². The minimum atomic E-state index is -4.65. The summed E-state index contributed by atoms with van der Waals surface area (Å²) in [4.78, 5) is 19.2. The van der Waals surface area contributed by atoms with Gasteiger partial charge in [0.2, 0.25) is 0 Å². The van der Waals surface area contributed by atoms with Gasteiger partial charge in [0, 0.05) is 31.5 Å². The molecule has 0 saturated heterocycles. The molecule has 3 aliphatic rings. The first-order valence-corrected chi connectivity index (χ1v) is 16.3. The van der Waals surface area contributed by atoms with Gasteiger partial charge in [0.25, 0.3) is 0 Å². The molecule has 0 amide bonds. The first-order valence-electron chi connectivity index (χ1n) is 14.6. The summed E-state index contributed by atoms with van der Waals surface area (Å²) in [6, 6.07) is 7.21. The van der Waals surface area contributed by atoms with E-state index in [0.717, 1.165) is 48.0 Å². The molecule has 3 heterocycles. The zero-order valence-electron chi connectivity index (χ0n) is 24.4. The number of Topliss-reactive ketones (excluding diaryl/α,β-unsaturated/α-hetero) is 1. The second kappa shape index (κ2) is 10.5. The number of hydrogen-bond acceptors (Lipinski definition) is 5. The Balaban J connectivity index is 1.33. The molecule has 234 valence electrons. The number of halogens is 4. The van der Waals surface area contributed by atoms with Crippen molar-refractivity contribution in [3.8, 4) is 5.69 Å². The zero-order chi connectivity index (χ0) is 31.7. The summed E-state index contributed by atoms with van der Waals surface area (Å²) in [6.45, 7) is 0. The van der Waals surface area contributed by atoms with Crippen molar-refractivity contribution in [3.05, 3.63) is 95.1 Å². The summed E-state index contributed by atoms with van der Waals surface area (Å²) < 4.78 is 74.4. The smallest absolute Gasteiger partial charge is 0.291 e. The van der Waals surface area contributed by atoms with Crippen LogP contribution < -0.4 is 0 Å². The van der Waals surface area contributed by atoms with Crippen molar-refractivity contribution in [1.29, 1.82) is 0 Å². The van der Waals surface area contributed by atoms with Gasteiger partial charge >= 0.3 is 6.18 Å². The van der Waals surface area contributed by atoms with Gasteiger partial charge in [-0.1, -0.05) is 5.57 Å². The van der Waals surface area contributed by atoms with Gasteiger partial charge in [-0.05, 0) is 92.4 Å². The average molecular weight is 639 g/mol. The van der Waals surface area contributed by atoms with Crippen LogP contribution in [0.3, 0.4) is 0 Å². The van der Waals surface area contributed by atoms with Crippen molar-refractivity contribution in [3.63, 3.8) is 0 Å². The number of ketones is 1. The van der Waals surface area contributed by atoms with Crippen LogP contribution in [0.15, 0.2) is 71.7 Å². The number of carbonyl (C=O) groups is 1. The SMILES string of the molecule is C=S(=O)(c1cnn(C)c1)N(C1CC1)[C@H]1CCC2=Cc3c(cnn3-c3ccc(F)cc3)C[C@]2(C(=O)c2cc(C(F)(F)F)ccn2)C1. The summed E-state index contributed by atoms with van der Waals surface area (Å²) in [7, 11) is -1.25. The number of allylic oxidation sites excluding steroid dienone is 1. The molecule has 1 aromatic carbocycles. The summed E-state index contributed by atoms with van der Waals surface area (Å²) >= 11 is 0. The van der Waals surface area contributed by atoms with E-state index in [1.807, 2.05) is 10.4 Å². The summed E-state index contributed by atoms with van der Waals surface area (Å²) in [6.07, 6.45) is 6.19. The number of benzene rings is 1. The van der Waals surface area contributed by atoms with Crippen molar-refractivity contribution in [2.75, 3.05) is 0 Å². The van der Waals surface area contributed by atoms with Crippen molar-refractivity contribution in [2.45, 2.75) is 61.7 Å². The highest BCUT2D eigenvalue weighted by molar-refractivity contribution is 7.98. The number of nitrogens with zero attached hydrogens (tertiary/aromatic N) is 6. The molecule has 0 radical (unpaired) electrons. The van der Waals surface area contributed by atoms with Crippen LogP contribution in [0.4, 0.5) is 17.6 Å². The first kappa shape index (κ1) is 29.6. The number of pyridine rings is 1. The fourth-order valence-electron chi connectivity index (χ4n) is 6.86. The molecule has 4 aromatic rings. The minimum Gasteiger partial charge on any atom is -0.291 e. The molecule has 3 aliphatic carbocycles. The minimum absolute atomic E-state index is 0.00458. The van der Waals surface area contributed by atoms with Gasteiger partial charge in [0.1, 0.15) is 11.5 Å². The standard InChI is InChI=1S/C32H30F4N6O2S/c1-40-19-27(18-38-40)45(2,44)42(25-9-10-25)26-6-3-21-14-29-20(17-39-41(29)24-7-4-23(33)5-8-24)15-31(21,16-26)30(43)28-13-22(11-12-37-28)32(34,35)36/h4-5,7-8,11-14,17-19,25-26H,2-3,6,9-10,15-16H2,1H3/t26-,31-,45?/m0/s1. The Bertz CT molecular complexity index is 1940. The Labute approximate surface area is 257 Å². The third-order valence-electron chi connectivity index (χ3n) is 9.12. The van der Waals surface area contributed by atoms with Crippen LogP contribution in [-0.4, -0.2) is 56.8 Å². The average Bonchev–Trinajstić information content (AvgIpc) is 3.59. The van der Waals surface area contributed by atoms with E-state index in [2.05, 4.69) is 21.1 Å². The van der Waals surface area contributed by atoms with Crippen LogP contribution in [0, 0.1) is 11.2 Å². The van der Waals surface area contributed by atoms with E-state index in [-0.39, 0.29) is 36.4 Å². The van der Waals surface area contributed by atoms with Crippen molar-refractivity contribution in [2.24, 2.45) is 12.5 Å². The molecule has 3 aromatic heterocycles. The third-order valence-corrected chi connectivity index (χ3v) is 11.3. The maximum Gasteiger partial charge on any atom is 0.416 e. The van der Waals surface area contributed by atoms with Gasteiger partial charge in [-0.2, -0.15) is 23.4 Å². The lowest BCUT2D eigenvalue weighted by Gasteiger charge is -2.47. The molecule has 2 fully saturated rings. The van der Waals surface area contributed by atoms with Crippen LogP contribution in [0.25, 0.3) is 11.8 Å². The lowest BCUT2D eigenvalue weighted by atomic mass is 9.60. The van der Waals surface area contributed by atoms with Gasteiger partial charge < -0.3 is 0 Å². The van der Waals surface area contributed by atoms with Crippen molar-refractivity contribution < 1.29 is 26.6 Å². The van der Waals surface area contributed by atoms with E-state index < -0.39 is 32.6 Å². The molecule has 1 unspecified atom stereocenters. The fourth-order valence-corrected chi connectivity index (χ4v) is 8.99. The molecule has 8 nitrogen and oxygen atoms in total. The predicted octanol–water partition coefficient (Wildman–Crippen LogP) is 5.67. The number of alkyl halides is 3. The van der Waals surface area contributed by atoms with Gasteiger partial charge in [-0.3, -0.25) is 14.5 Å². The molecule has 7 rings (SSSR count). The number of fused-ring (bicyclic) bond motifs is 2. The van der Waals surface area contributed by atoms with Gasteiger partial charge in [-0.15, -0.1) is 0 Å². The van der Waals surface area contributed by atoms with Crippen molar-refractivity contribution in [1.82, 2.24) is 28.9 Å². The highest BCUT2D eigenvalue weighted by Crippen LogP contribution is 2.52. The fraction of sp³-hybridized carbons (Fsp3) is 0.344. The molecule has 0 N–H and O–H groups in total. The van der Waals surface area contributed by atoms with Gasteiger partial charge in [0.05, 0.1) is 49.4 Å². The predicted molar refractivity (Wildman–Crippen MR) is 160 cm³/mol. The largest absolute Gasteiger partial charge is 0.416 e. The topological polar surface area (TPSA) is 85.9 Å². The molecule has 0 aliphatic heterocycles. The number of hydrogen-bond donors (Lipinski definition) is 0. The Morgan fingerprint density at radius 2 is 1.84 bits per heavy atom. The maximum absolute atomic E-state index is 14.6. The highest BCUT2D eigenvalue weighted by atomic mass is 32.2. The summed E-state index contributed by atoms with van der Waals surface area (Å²) in [5, 5.41) is 8.74. The molecule has 2 saturated carbocycles. The van der Waals surface area contributed by atoms with E-state index in [0.29, 0.717) is 23.4 Å². The maximum atomic E-state index is 14.6. The summed E-state index contributed by atoms with van der Waals surface area (Å²) in [5.74, 6) is 3.26. The van der Waals surface area contributed by atoms with Gasteiger partial charge in [-0.25, -0.2) is 17.6 Å². The second-order valence-corrected chi connectivity index (χ2v) is 14.3. The number of aryl methyl sites for hydroxylation is 1. The Hall–Kier alpha value is -4.10. The zero-order valence-corrected chi connectivity index (χ0v) is 25.2. The lowest BCUT2D eigenvalue weighted by molar-refractivity contribution is -0.137. The Morgan fingerprint density at radius 3 is 2.51 bits per heavy atom. The van der Waals surface area contributed by atoms with Crippen LogP contribution >= 0.6 is 0 Å². The normalized spacial score (nSPS) is 22.8. The van der Waals surface area contributed by atoms with Gasteiger partial charge in [0.15, 0.2) is 5.78 Å². The molecule has 3 atom stereocenters. The molecule has 13 heteroatoms. The highest BCUT2D eigenvalue weighted by Gasteiger charge is 2.53. The molecule has 0 spiro atoms. The lowest BCUT2D eigenvalue weighted by Crippen LogP contribution is -2.51. The Morgan fingerprint density at radius 1 is 1.09 bits per heavy atom. The van der Waals surface area contributed by atoms with Crippen LogP contribution in [0.5, 0.6) is 0 Å². The van der Waals surface area contributed by atoms with E-state index in [1.165, 1.54) is 12.1 Å². The molecular formula is C32H30F4N6O2S. The Kier molecular flexibility index (Phi) is 6.89. The molecule has 45 heavy (non-hydrogen) atoms. The third kappa shape index (κ3) is 5.11. The van der Waals surface area contributed by atoms with E-state index >= 15 is 0 Å². The first-order chi connectivity index (χ1) is 21.4. The second-order valence-electron chi connectivity index (χ2n) is 12.1. The molecule has 0 bridgehead atoms. The monoisotopic (exact) mass is 638 g/mol. The van der Waals surface area contributed by atoms with Crippen molar-refractivity contribution >= 4 is 27.4 Å². The van der Waals surface area contributed by atoms with E-state index in [4.69, 9.17) is 0 Å². The summed E-state index contributed by atoms with van der Waals surface area (Å²) in [5.41, 5.74) is 0.373. The number of aromatic nitrogens is 5. The van der Waals surface area contributed by atoms with Crippen LogP contribution in [-0.2, 0) is 29.4 Å². The van der Waals surface area contributed by atoms with E-state index in [1.54, 1.807) is 47.1 Å². The number of rotatable bonds is 7. The molecular weight excluding hydrogens is 608 g/mol. The quantitative estimate of drug-likeness (QED) is 0.148. The number of carbonyl (C=O) groups excluding carboxylic acids is 1. The van der Waals surface area contributed by atoms with E-state index in [9.17, 15) is 26.6 Å².